The van der Waals surface area contributed by atoms with Crippen LogP contribution < -0.4 is 5.69 Å². The molecule has 2 aromatic rings. The third-order valence-electron chi connectivity index (χ3n) is 3.14. The van der Waals surface area contributed by atoms with E-state index in [9.17, 15) is 9.59 Å². The minimum Gasteiger partial charge on any atom is -0.299 e. The largest absolute Gasteiger partial charge is 0.328 e. The van der Waals surface area contributed by atoms with Gasteiger partial charge in [0.25, 0.3) is 0 Å². The minimum absolute atomic E-state index is 0.0329. The van der Waals surface area contributed by atoms with Crippen LogP contribution in [0.3, 0.4) is 0 Å². The van der Waals surface area contributed by atoms with Gasteiger partial charge in [0.2, 0.25) is 0 Å². The highest BCUT2D eigenvalue weighted by Gasteiger charge is 2.11. The number of benzene rings is 1. The van der Waals surface area contributed by atoms with E-state index < -0.39 is 0 Å². The van der Waals surface area contributed by atoms with Crippen LogP contribution in [0.5, 0.6) is 0 Å². The van der Waals surface area contributed by atoms with Crippen molar-refractivity contribution in [1.82, 2.24) is 9.13 Å². The van der Waals surface area contributed by atoms with Crippen molar-refractivity contribution < 1.29 is 4.79 Å². The molecule has 4 nitrogen and oxygen atoms in total. The van der Waals surface area contributed by atoms with Crippen molar-refractivity contribution in [1.29, 1.82) is 0 Å². The normalized spacial score (nSPS) is 10.6. The number of hydrogen-bond acceptors (Lipinski definition) is 2. The van der Waals surface area contributed by atoms with Gasteiger partial charge in [0.05, 0.1) is 6.54 Å². The SMILES string of the molecule is CCCn1ccn(CC(=O)c2ccccc2C)c1=O. The molecule has 0 N–H and O–H groups in total. The van der Waals surface area contributed by atoms with Gasteiger partial charge in [-0.3, -0.25) is 13.9 Å². The number of imidazole rings is 1. The molecular formula is C15H18N2O2. The Morgan fingerprint density at radius 3 is 2.53 bits per heavy atom. The summed E-state index contributed by atoms with van der Waals surface area (Å²) < 4.78 is 3.09. The van der Waals surface area contributed by atoms with Crippen LogP contribution in [0.2, 0.25) is 0 Å². The van der Waals surface area contributed by atoms with E-state index in [1.807, 2.05) is 32.0 Å². The van der Waals surface area contributed by atoms with Crippen LogP contribution in [0.15, 0.2) is 41.5 Å². The summed E-state index contributed by atoms with van der Waals surface area (Å²) in [5.41, 5.74) is 1.50. The van der Waals surface area contributed by atoms with Gasteiger partial charge in [0.1, 0.15) is 0 Å². The Labute approximate surface area is 112 Å². The summed E-state index contributed by atoms with van der Waals surface area (Å²) in [7, 11) is 0. The highest BCUT2D eigenvalue weighted by molar-refractivity contribution is 5.97. The number of rotatable bonds is 5. The molecule has 0 radical (unpaired) electrons. The highest BCUT2D eigenvalue weighted by atomic mass is 16.2. The molecule has 1 aromatic heterocycles. The van der Waals surface area contributed by atoms with Crippen LogP contribution >= 0.6 is 0 Å². The van der Waals surface area contributed by atoms with Crippen LogP contribution in [0.25, 0.3) is 0 Å². The Bertz CT molecular complexity index is 638. The Balaban J connectivity index is 2.20. The molecule has 0 aliphatic carbocycles. The standard InChI is InChI=1S/C15H18N2O2/c1-3-8-16-9-10-17(15(16)19)11-14(18)13-7-5-4-6-12(13)2/h4-7,9-10H,3,8,11H2,1-2H3. The molecule has 0 fully saturated rings. The van der Waals surface area contributed by atoms with Crippen LogP contribution in [0, 0.1) is 6.92 Å². The third-order valence-corrected chi connectivity index (χ3v) is 3.14. The number of Topliss-reactive ketones (excluding diaryl/α,β-unsaturated/α-hetero) is 1. The van der Waals surface area contributed by atoms with Gasteiger partial charge in [0, 0.05) is 24.5 Å². The first kappa shape index (κ1) is 13.3. The first-order chi connectivity index (χ1) is 9.13. The molecule has 0 unspecified atom stereocenters. The van der Waals surface area contributed by atoms with Crippen molar-refractivity contribution in [3.63, 3.8) is 0 Å². The first-order valence-electron chi connectivity index (χ1n) is 6.48. The highest BCUT2D eigenvalue weighted by Crippen LogP contribution is 2.08. The molecule has 0 spiro atoms. The van der Waals surface area contributed by atoms with E-state index in [2.05, 4.69) is 0 Å². The van der Waals surface area contributed by atoms with Gasteiger partial charge in [0.15, 0.2) is 5.78 Å². The number of carbonyl (C=O) groups excluding carboxylic acids is 1. The number of carbonyl (C=O) groups is 1. The molecule has 19 heavy (non-hydrogen) atoms. The van der Waals surface area contributed by atoms with Gasteiger partial charge in [-0.15, -0.1) is 0 Å². The van der Waals surface area contributed by atoms with E-state index in [1.54, 1.807) is 23.0 Å². The lowest BCUT2D eigenvalue weighted by Crippen LogP contribution is -2.27. The summed E-state index contributed by atoms with van der Waals surface area (Å²) in [6.45, 7) is 4.70. The van der Waals surface area contributed by atoms with E-state index in [0.29, 0.717) is 12.1 Å². The van der Waals surface area contributed by atoms with Gasteiger partial charge in [-0.2, -0.15) is 0 Å². The molecule has 4 heteroatoms. The predicted octanol–water partition coefficient (Wildman–Crippen LogP) is 2.25. The smallest absolute Gasteiger partial charge is 0.299 e. The second-order valence-electron chi connectivity index (χ2n) is 4.64. The average Bonchev–Trinajstić information content (AvgIpc) is 2.72. The van der Waals surface area contributed by atoms with Crippen molar-refractivity contribution >= 4 is 5.78 Å². The fraction of sp³-hybridized carbons (Fsp3) is 0.333. The van der Waals surface area contributed by atoms with Crippen molar-refractivity contribution in [3.05, 3.63) is 58.3 Å². The molecule has 1 heterocycles. The van der Waals surface area contributed by atoms with E-state index in [0.717, 1.165) is 12.0 Å². The molecule has 0 aliphatic rings. The summed E-state index contributed by atoms with van der Waals surface area (Å²) in [6, 6.07) is 7.44. The number of ketones is 1. The third kappa shape index (κ3) is 2.84. The molecule has 0 bridgehead atoms. The van der Waals surface area contributed by atoms with E-state index in [1.165, 1.54) is 4.57 Å². The number of aryl methyl sites for hydroxylation is 2. The summed E-state index contributed by atoms with van der Waals surface area (Å²) in [6.07, 6.45) is 4.31. The maximum Gasteiger partial charge on any atom is 0.328 e. The van der Waals surface area contributed by atoms with Crippen LogP contribution in [-0.2, 0) is 13.1 Å². The quantitative estimate of drug-likeness (QED) is 0.772. The van der Waals surface area contributed by atoms with E-state index >= 15 is 0 Å². The Morgan fingerprint density at radius 1 is 1.16 bits per heavy atom. The predicted molar refractivity (Wildman–Crippen MR) is 74.5 cm³/mol. The van der Waals surface area contributed by atoms with Crippen molar-refractivity contribution in [2.24, 2.45) is 0 Å². The molecular weight excluding hydrogens is 240 g/mol. The van der Waals surface area contributed by atoms with Crippen molar-refractivity contribution in [3.8, 4) is 0 Å². The Morgan fingerprint density at radius 2 is 1.84 bits per heavy atom. The average molecular weight is 258 g/mol. The van der Waals surface area contributed by atoms with Gasteiger partial charge in [-0.25, -0.2) is 4.79 Å². The second kappa shape index (κ2) is 5.69. The molecule has 0 amide bonds. The summed E-state index contributed by atoms with van der Waals surface area (Å²) >= 11 is 0. The fourth-order valence-electron chi connectivity index (χ4n) is 2.11. The minimum atomic E-state index is -0.121. The number of aromatic nitrogens is 2. The molecule has 100 valence electrons. The monoisotopic (exact) mass is 258 g/mol. The topological polar surface area (TPSA) is 44.0 Å². The maximum absolute atomic E-state index is 12.2. The zero-order valence-electron chi connectivity index (χ0n) is 11.3. The molecule has 0 aliphatic heterocycles. The lowest BCUT2D eigenvalue weighted by molar-refractivity contribution is 0.0970. The van der Waals surface area contributed by atoms with E-state index in [4.69, 9.17) is 0 Å². The van der Waals surface area contributed by atoms with Crippen molar-refractivity contribution in [2.45, 2.75) is 33.4 Å². The molecule has 0 saturated heterocycles. The first-order valence-corrected chi connectivity index (χ1v) is 6.48. The lowest BCUT2D eigenvalue weighted by Gasteiger charge is -2.05. The summed E-state index contributed by atoms with van der Waals surface area (Å²) in [4.78, 5) is 24.2. The van der Waals surface area contributed by atoms with Gasteiger partial charge in [-0.1, -0.05) is 31.2 Å². The van der Waals surface area contributed by atoms with Gasteiger partial charge >= 0.3 is 5.69 Å². The van der Waals surface area contributed by atoms with Gasteiger partial charge < -0.3 is 0 Å². The number of nitrogens with zero attached hydrogens (tertiary/aromatic N) is 2. The second-order valence-corrected chi connectivity index (χ2v) is 4.64. The molecule has 0 atom stereocenters. The summed E-state index contributed by atoms with van der Waals surface area (Å²) in [5.74, 6) is -0.0329. The maximum atomic E-state index is 12.2. The van der Waals surface area contributed by atoms with Gasteiger partial charge in [-0.05, 0) is 18.9 Å². The van der Waals surface area contributed by atoms with Crippen molar-refractivity contribution in [2.75, 3.05) is 0 Å². The molecule has 1 aromatic carbocycles. The van der Waals surface area contributed by atoms with E-state index in [-0.39, 0.29) is 18.0 Å². The molecule has 0 saturated carbocycles. The number of hydrogen-bond donors (Lipinski definition) is 0. The lowest BCUT2D eigenvalue weighted by atomic mass is 10.1. The van der Waals surface area contributed by atoms with Crippen LogP contribution in [0.1, 0.15) is 29.3 Å². The zero-order valence-corrected chi connectivity index (χ0v) is 11.3. The Kier molecular flexibility index (Phi) is 4.00. The Hall–Kier alpha value is -2.10. The fourth-order valence-corrected chi connectivity index (χ4v) is 2.11. The molecule has 2 rings (SSSR count). The zero-order chi connectivity index (χ0) is 13.8. The van der Waals surface area contributed by atoms with Crippen LogP contribution in [-0.4, -0.2) is 14.9 Å². The van der Waals surface area contributed by atoms with Crippen LogP contribution in [0.4, 0.5) is 0 Å². The summed E-state index contributed by atoms with van der Waals surface area (Å²) in [5, 5.41) is 0.